The van der Waals surface area contributed by atoms with Gasteiger partial charge >= 0.3 is 0 Å². The highest BCUT2D eigenvalue weighted by atomic mass is 32.2. The second-order valence-corrected chi connectivity index (χ2v) is 8.16. The van der Waals surface area contributed by atoms with Crippen molar-refractivity contribution in [2.24, 2.45) is 0 Å². The normalized spacial score (nSPS) is 16.2. The summed E-state index contributed by atoms with van der Waals surface area (Å²) in [5.74, 6) is 1.47. The van der Waals surface area contributed by atoms with E-state index in [9.17, 15) is 4.79 Å². The van der Waals surface area contributed by atoms with E-state index in [1.54, 1.807) is 0 Å². The van der Waals surface area contributed by atoms with E-state index in [-0.39, 0.29) is 5.91 Å². The third kappa shape index (κ3) is 5.58. The monoisotopic (exact) mass is 387 g/mol. The summed E-state index contributed by atoms with van der Waals surface area (Å²) in [4.78, 5) is 14.7. The maximum absolute atomic E-state index is 12.6. The molecule has 1 aromatic carbocycles. The highest BCUT2D eigenvalue weighted by molar-refractivity contribution is 7.99. The van der Waals surface area contributed by atoms with E-state index < -0.39 is 0 Å². The van der Waals surface area contributed by atoms with Crippen LogP contribution in [0.4, 0.5) is 0 Å². The number of benzene rings is 1. The molecular weight excluding hydrogens is 358 g/mol. The Morgan fingerprint density at radius 2 is 1.96 bits per heavy atom. The Labute approximate surface area is 165 Å². The van der Waals surface area contributed by atoms with E-state index in [0.717, 1.165) is 19.4 Å². The number of rotatable bonds is 8. The topological polar surface area (TPSA) is 59.2 Å². The second-order valence-electron chi connectivity index (χ2n) is 7.24. The molecular formula is C21H29N3O2S. The van der Waals surface area contributed by atoms with Gasteiger partial charge in [0.15, 0.2) is 0 Å². The van der Waals surface area contributed by atoms with Gasteiger partial charge in [0.25, 0.3) is 5.22 Å². The zero-order valence-electron chi connectivity index (χ0n) is 16.3. The minimum Gasteiger partial charge on any atom is -0.416 e. The van der Waals surface area contributed by atoms with Crippen LogP contribution in [0.1, 0.15) is 63.3 Å². The van der Waals surface area contributed by atoms with E-state index in [0.29, 0.717) is 35.2 Å². The summed E-state index contributed by atoms with van der Waals surface area (Å²) in [6.07, 6.45) is 6.72. The molecule has 2 aromatic rings. The van der Waals surface area contributed by atoms with Gasteiger partial charge in [-0.25, -0.2) is 0 Å². The molecule has 1 heterocycles. The van der Waals surface area contributed by atoms with Gasteiger partial charge in [0, 0.05) is 19.0 Å². The first-order valence-corrected chi connectivity index (χ1v) is 11.0. The Morgan fingerprint density at radius 1 is 1.22 bits per heavy atom. The largest absolute Gasteiger partial charge is 0.416 e. The molecule has 5 nitrogen and oxygen atoms in total. The van der Waals surface area contributed by atoms with Gasteiger partial charge in [-0.05, 0) is 31.2 Å². The lowest BCUT2D eigenvalue weighted by Crippen LogP contribution is -2.42. The van der Waals surface area contributed by atoms with Crippen LogP contribution in [0.25, 0.3) is 0 Å². The lowest BCUT2D eigenvalue weighted by molar-refractivity contribution is -0.131. The zero-order chi connectivity index (χ0) is 19.1. The number of hydrogen-bond acceptors (Lipinski definition) is 5. The van der Waals surface area contributed by atoms with Crippen molar-refractivity contribution in [2.45, 2.75) is 69.6 Å². The predicted octanol–water partition coefficient (Wildman–Crippen LogP) is 4.69. The highest BCUT2D eigenvalue weighted by Gasteiger charge is 2.24. The van der Waals surface area contributed by atoms with Gasteiger partial charge in [-0.1, -0.05) is 68.3 Å². The third-order valence-corrected chi connectivity index (χ3v) is 6.10. The third-order valence-electron chi connectivity index (χ3n) is 5.29. The fourth-order valence-electron chi connectivity index (χ4n) is 3.78. The summed E-state index contributed by atoms with van der Waals surface area (Å²) in [5, 5.41) is 8.74. The number of aromatic nitrogens is 2. The summed E-state index contributed by atoms with van der Waals surface area (Å²) in [6.45, 7) is 4.99. The van der Waals surface area contributed by atoms with Gasteiger partial charge in [0.1, 0.15) is 0 Å². The average Bonchev–Trinajstić information content (AvgIpc) is 3.16. The molecule has 1 unspecified atom stereocenters. The molecule has 146 valence electrons. The van der Waals surface area contributed by atoms with Crippen molar-refractivity contribution in [2.75, 3.05) is 12.3 Å². The molecule has 1 atom stereocenters. The summed E-state index contributed by atoms with van der Waals surface area (Å²) >= 11 is 1.35. The first-order valence-electron chi connectivity index (χ1n) is 9.97. The molecule has 0 N–H and O–H groups in total. The van der Waals surface area contributed by atoms with Gasteiger partial charge in [-0.15, -0.1) is 10.2 Å². The van der Waals surface area contributed by atoms with Crippen LogP contribution >= 0.6 is 11.8 Å². The van der Waals surface area contributed by atoms with E-state index in [2.05, 4.69) is 36.2 Å². The molecule has 0 aliphatic heterocycles. The molecule has 1 saturated carbocycles. The Bertz CT molecular complexity index is 713. The fourth-order valence-corrected chi connectivity index (χ4v) is 4.44. The molecule has 27 heavy (non-hydrogen) atoms. The molecule has 0 radical (unpaired) electrons. The van der Waals surface area contributed by atoms with Crippen molar-refractivity contribution in [1.82, 2.24) is 15.1 Å². The lowest BCUT2D eigenvalue weighted by Gasteiger charge is -2.33. The lowest BCUT2D eigenvalue weighted by atomic mass is 9.94. The number of amides is 1. The van der Waals surface area contributed by atoms with Gasteiger partial charge in [0.2, 0.25) is 11.8 Å². The van der Waals surface area contributed by atoms with Crippen molar-refractivity contribution in [1.29, 1.82) is 0 Å². The van der Waals surface area contributed by atoms with Crippen LogP contribution in [0, 0.1) is 0 Å². The number of hydrogen-bond donors (Lipinski definition) is 0. The maximum atomic E-state index is 12.6. The van der Waals surface area contributed by atoms with Crippen molar-refractivity contribution in [3.05, 3.63) is 41.8 Å². The van der Waals surface area contributed by atoms with Gasteiger partial charge in [-0.3, -0.25) is 4.79 Å². The number of thioether (sulfide) groups is 1. The van der Waals surface area contributed by atoms with Crippen LogP contribution in [0.2, 0.25) is 0 Å². The first kappa shape index (κ1) is 19.9. The van der Waals surface area contributed by atoms with Crippen molar-refractivity contribution in [3.63, 3.8) is 0 Å². The van der Waals surface area contributed by atoms with Gasteiger partial charge in [-0.2, -0.15) is 0 Å². The standard InChI is InChI=1S/C21H29N3O2S/c1-3-24(18-12-8-5-9-13-18)20(25)15-27-21-23-22-19(26-21)14-16(2)17-10-6-4-7-11-17/h4,6-7,10-11,16,18H,3,5,8-9,12-15H2,1-2H3. The van der Waals surface area contributed by atoms with E-state index in [1.165, 1.54) is 36.6 Å². The molecule has 1 amide bonds. The molecule has 1 aliphatic rings. The molecule has 0 saturated heterocycles. The molecule has 3 rings (SSSR count). The Kier molecular flexibility index (Phi) is 7.33. The number of carbonyl (C=O) groups excluding carboxylic acids is 1. The minimum atomic E-state index is 0.173. The molecule has 1 aliphatic carbocycles. The van der Waals surface area contributed by atoms with Crippen LogP contribution in [-0.2, 0) is 11.2 Å². The summed E-state index contributed by atoms with van der Waals surface area (Å²) in [6, 6.07) is 10.7. The molecule has 0 bridgehead atoms. The Balaban J connectivity index is 1.50. The van der Waals surface area contributed by atoms with E-state index in [1.807, 2.05) is 23.1 Å². The van der Waals surface area contributed by atoms with Crippen molar-refractivity contribution < 1.29 is 9.21 Å². The van der Waals surface area contributed by atoms with Crippen molar-refractivity contribution in [3.8, 4) is 0 Å². The molecule has 0 spiro atoms. The Morgan fingerprint density at radius 3 is 2.67 bits per heavy atom. The van der Waals surface area contributed by atoms with Crippen molar-refractivity contribution >= 4 is 17.7 Å². The van der Waals surface area contributed by atoms with E-state index in [4.69, 9.17) is 4.42 Å². The Hall–Kier alpha value is -1.82. The average molecular weight is 388 g/mol. The van der Waals surface area contributed by atoms with E-state index >= 15 is 0 Å². The van der Waals surface area contributed by atoms with Crippen LogP contribution in [0.5, 0.6) is 0 Å². The fraction of sp³-hybridized carbons (Fsp3) is 0.571. The van der Waals surface area contributed by atoms with Crippen LogP contribution in [0.3, 0.4) is 0 Å². The smallest absolute Gasteiger partial charge is 0.277 e. The van der Waals surface area contributed by atoms with Crippen LogP contribution in [-0.4, -0.2) is 39.3 Å². The van der Waals surface area contributed by atoms with Crippen LogP contribution < -0.4 is 0 Å². The zero-order valence-corrected chi connectivity index (χ0v) is 17.1. The van der Waals surface area contributed by atoms with Gasteiger partial charge in [0.05, 0.1) is 5.75 Å². The molecule has 1 aromatic heterocycles. The quantitative estimate of drug-likeness (QED) is 0.615. The summed E-state index contributed by atoms with van der Waals surface area (Å²) in [5.41, 5.74) is 1.26. The number of carbonyl (C=O) groups is 1. The summed E-state index contributed by atoms with van der Waals surface area (Å²) in [7, 11) is 0. The SMILES string of the molecule is CCN(C(=O)CSc1nnc(CC(C)c2ccccc2)o1)C1CCCCC1. The molecule has 6 heteroatoms. The number of nitrogens with zero attached hydrogens (tertiary/aromatic N) is 3. The minimum absolute atomic E-state index is 0.173. The second kappa shape index (κ2) is 9.93. The van der Waals surface area contributed by atoms with Crippen LogP contribution in [0.15, 0.2) is 40.0 Å². The molecule has 1 fully saturated rings. The van der Waals surface area contributed by atoms with Gasteiger partial charge < -0.3 is 9.32 Å². The maximum Gasteiger partial charge on any atom is 0.277 e. The first-order chi connectivity index (χ1) is 13.2. The predicted molar refractivity (Wildman–Crippen MR) is 108 cm³/mol. The highest BCUT2D eigenvalue weighted by Crippen LogP contribution is 2.25. The summed E-state index contributed by atoms with van der Waals surface area (Å²) < 4.78 is 5.76.